The summed E-state index contributed by atoms with van der Waals surface area (Å²) in [4.78, 5) is 0. The molecule has 2 atom stereocenters. The molecule has 4 heteroatoms. The Morgan fingerprint density at radius 3 is 2.40 bits per heavy atom. The van der Waals surface area contributed by atoms with Crippen LogP contribution in [0.2, 0.25) is 0 Å². The van der Waals surface area contributed by atoms with Crippen LogP contribution in [0, 0.1) is 0 Å². The van der Waals surface area contributed by atoms with E-state index in [-0.39, 0.29) is 18.2 Å². The lowest BCUT2D eigenvalue weighted by atomic mass is 9.92. The van der Waals surface area contributed by atoms with Crippen molar-refractivity contribution in [3.63, 3.8) is 0 Å². The highest BCUT2D eigenvalue weighted by Crippen LogP contribution is 2.23. The van der Waals surface area contributed by atoms with Gasteiger partial charge in [0.15, 0.2) is 5.79 Å². The zero-order chi connectivity index (χ0) is 14.8. The van der Waals surface area contributed by atoms with Crippen molar-refractivity contribution in [3.8, 4) is 0 Å². The van der Waals surface area contributed by atoms with Crippen LogP contribution in [0.4, 0.5) is 0 Å². The molecule has 0 amide bonds. The predicted molar refractivity (Wildman–Crippen MR) is 78.4 cm³/mol. The predicted octanol–water partition coefficient (Wildman–Crippen LogP) is 2.02. The van der Waals surface area contributed by atoms with Crippen LogP contribution < -0.4 is 5.32 Å². The Morgan fingerprint density at radius 2 is 1.75 bits per heavy atom. The standard InChI is InChI=1S/C16H25NO3/c1-15(2,12-8-6-5-7-9-12)17-13-10-19-16(3,4)20-11-14(13)18/h5-9,13-14,17-18H,10-11H2,1-4H3/t13-,14-/m0/s1. The van der Waals surface area contributed by atoms with Gasteiger partial charge in [0.05, 0.1) is 25.4 Å². The maximum absolute atomic E-state index is 10.2. The molecular weight excluding hydrogens is 254 g/mol. The van der Waals surface area contributed by atoms with E-state index in [4.69, 9.17) is 9.47 Å². The smallest absolute Gasteiger partial charge is 0.162 e. The molecule has 0 spiro atoms. The van der Waals surface area contributed by atoms with Gasteiger partial charge in [-0.3, -0.25) is 0 Å². The van der Waals surface area contributed by atoms with Crippen molar-refractivity contribution < 1.29 is 14.6 Å². The van der Waals surface area contributed by atoms with Crippen molar-refractivity contribution in [3.05, 3.63) is 35.9 Å². The van der Waals surface area contributed by atoms with Gasteiger partial charge in [-0.1, -0.05) is 30.3 Å². The summed E-state index contributed by atoms with van der Waals surface area (Å²) in [5, 5.41) is 13.7. The SMILES string of the molecule is CC1(C)OC[C@H](NC(C)(C)c2ccccc2)[C@@H](O)CO1. The van der Waals surface area contributed by atoms with Gasteiger partial charge >= 0.3 is 0 Å². The minimum absolute atomic E-state index is 0.160. The van der Waals surface area contributed by atoms with Crippen molar-refractivity contribution >= 4 is 0 Å². The van der Waals surface area contributed by atoms with Gasteiger partial charge in [-0.15, -0.1) is 0 Å². The number of aliphatic hydroxyl groups is 1. The first-order chi connectivity index (χ1) is 9.30. The van der Waals surface area contributed by atoms with E-state index in [0.717, 1.165) is 0 Å². The number of benzene rings is 1. The minimum atomic E-state index is -0.645. The van der Waals surface area contributed by atoms with Crippen LogP contribution in [-0.2, 0) is 15.0 Å². The average Bonchev–Trinajstić information content (AvgIpc) is 2.53. The summed E-state index contributed by atoms with van der Waals surface area (Å²) >= 11 is 0. The first-order valence-corrected chi connectivity index (χ1v) is 7.09. The van der Waals surface area contributed by atoms with Crippen molar-refractivity contribution in [2.24, 2.45) is 0 Å². The highest BCUT2D eigenvalue weighted by molar-refractivity contribution is 5.22. The second-order valence-electron chi connectivity index (χ2n) is 6.33. The van der Waals surface area contributed by atoms with E-state index in [1.807, 2.05) is 32.0 Å². The Kier molecular flexibility index (Phi) is 4.49. The van der Waals surface area contributed by atoms with E-state index in [1.165, 1.54) is 5.56 Å². The van der Waals surface area contributed by atoms with Crippen molar-refractivity contribution in [2.75, 3.05) is 13.2 Å². The van der Waals surface area contributed by atoms with Crippen LogP contribution in [-0.4, -0.2) is 36.3 Å². The molecule has 1 saturated heterocycles. The summed E-state index contributed by atoms with van der Waals surface area (Å²) in [6.45, 7) is 8.63. The molecule has 2 rings (SSSR count). The van der Waals surface area contributed by atoms with Crippen LogP contribution in [0.3, 0.4) is 0 Å². The third-order valence-corrected chi connectivity index (χ3v) is 3.72. The maximum atomic E-state index is 10.2. The molecule has 0 saturated carbocycles. The van der Waals surface area contributed by atoms with Gasteiger partial charge in [0, 0.05) is 5.54 Å². The first kappa shape index (κ1) is 15.4. The van der Waals surface area contributed by atoms with Gasteiger partial charge in [-0.2, -0.15) is 0 Å². The summed E-state index contributed by atoms with van der Waals surface area (Å²) in [6, 6.07) is 10.0. The summed E-state index contributed by atoms with van der Waals surface area (Å²) < 4.78 is 11.3. The normalized spacial score (nSPS) is 27.1. The fourth-order valence-corrected chi connectivity index (χ4v) is 2.38. The van der Waals surface area contributed by atoms with Crippen LogP contribution in [0.15, 0.2) is 30.3 Å². The molecular formula is C16H25NO3. The number of aliphatic hydroxyl groups excluding tert-OH is 1. The fraction of sp³-hybridized carbons (Fsp3) is 0.625. The lowest BCUT2D eigenvalue weighted by Gasteiger charge is -2.33. The number of rotatable bonds is 3. The van der Waals surface area contributed by atoms with E-state index < -0.39 is 11.9 Å². The van der Waals surface area contributed by atoms with Gasteiger partial charge in [0.2, 0.25) is 0 Å². The van der Waals surface area contributed by atoms with Gasteiger partial charge in [0.1, 0.15) is 0 Å². The Bertz CT molecular complexity index is 431. The Balaban J connectivity index is 2.08. The molecule has 4 nitrogen and oxygen atoms in total. The monoisotopic (exact) mass is 279 g/mol. The molecule has 0 aliphatic carbocycles. The highest BCUT2D eigenvalue weighted by Gasteiger charge is 2.34. The van der Waals surface area contributed by atoms with E-state index in [9.17, 15) is 5.11 Å². The van der Waals surface area contributed by atoms with Crippen molar-refractivity contribution in [2.45, 2.75) is 51.2 Å². The Morgan fingerprint density at radius 1 is 1.15 bits per heavy atom. The topological polar surface area (TPSA) is 50.7 Å². The molecule has 1 fully saturated rings. The molecule has 1 aromatic carbocycles. The molecule has 1 aliphatic heterocycles. The Hall–Kier alpha value is -0.940. The first-order valence-electron chi connectivity index (χ1n) is 7.09. The summed E-state index contributed by atoms with van der Waals surface area (Å²) in [5.74, 6) is -0.645. The molecule has 1 aromatic rings. The van der Waals surface area contributed by atoms with Crippen LogP contribution in [0.5, 0.6) is 0 Å². The highest BCUT2D eigenvalue weighted by atomic mass is 16.7. The average molecular weight is 279 g/mol. The summed E-state index contributed by atoms with van der Waals surface area (Å²) in [6.07, 6.45) is -0.584. The molecule has 0 aromatic heterocycles. The minimum Gasteiger partial charge on any atom is -0.389 e. The third-order valence-electron chi connectivity index (χ3n) is 3.72. The largest absolute Gasteiger partial charge is 0.389 e. The van der Waals surface area contributed by atoms with Gasteiger partial charge in [0.25, 0.3) is 0 Å². The van der Waals surface area contributed by atoms with Gasteiger partial charge in [-0.25, -0.2) is 0 Å². The van der Waals surface area contributed by atoms with E-state index in [1.54, 1.807) is 0 Å². The molecule has 2 N–H and O–H groups in total. The Labute approximate surface area is 121 Å². The summed E-state index contributed by atoms with van der Waals surface area (Å²) in [7, 11) is 0. The van der Waals surface area contributed by atoms with Crippen molar-refractivity contribution in [1.82, 2.24) is 5.32 Å². The quantitative estimate of drug-likeness (QED) is 0.889. The third kappa shape index (κ3) is 3.79. The number of hydrogen-bond donors (Lipinski definition) is 2. The molecule has 20 heavy (non-hydrogen) atoms. The van der Waals surface area contributed by atoms with Crippen molar-refractivity contribution in [1.29, 1.82) is 0 Å². The van der Waals surface area contributed by atoms with Gasteiger partial charge < -0.3 is 19.9 Å². The molecule has 0 bridgehead atoms. The van der Waals surface area contributed by atoms with E-state index in [0.29, 0.717) is 6.61 Å². The number of hydrogen-bond acceptors (Lipinski definition) is 4. The molecule has 0 radical (unpaired) electrons. The maximum Gasteiger partial charge on any atom is 0.162 e. The summed E-state index contributed by atoms with van der Waals surface area (Å²) in [5.41, 5.74) is 0.932. The molecule has 1 heterocycles. The zero-order valence-electron chi connectivity index (χ0n) is 12.7. The van der Waals surface area contributed by atoms with Crippen LogP contribution in [0.1, 0.15) is 33.3 Å². The van der Waals surface area contributed by atoms with Crippen LogP contribution >= 0.6 is 0 Å². The molecule has 0 unspecified atom stereocenters. The number of ether oxygens (including phenoxy) is 2. The van der Waals surface area contributed by atoms with E-state index >= 15 is 0 Å². The fourth-order valence-electron chi connectivity index (χ4n) is 2.38. The lowest BCUT2D eigenvalue weighted by Crippen LogP contribution is -2.52. The second-order valence-corrected chi connectivity index (χ2v) is 6.33. The van der Waals surface area contributed by atoms with Gasteiger partial charge in [-0.05, 0) is 33.3 Å². The lowest BCUT2D eigenvalue weighted by molar-refractivity contribution is -0.203. The number of nitrogens with one attached hydrogen (secondary N) is 1. The zero-order valence-corrected chi connectivity index (χ0v) is 12.7. The second kappa shape index (κ2) is 5.82. The van der Waals surface area contributed by atoms with E-state index in [2.05, 4.69) is 31.3 Å². The molecule has 112 valence electrons. The molecule has 1 aliphatic rings. The van der Waals surface area contributed by atoms with Crippen LogP contribution in [0.25, 0.3) is 0 Å².